The first-order valence-corrected chi connectivity index (χ1v) is 11.8. The molecule has 0 N–H and O–H groups in total. The van der Waals surface area contributed by atoms with E-state index in [4.69, 9.17) is 18.9 Å². The maximum Gasteiger partial charge on any atom is 0.160 e. The predicted octanol–water partition coefficient (Wildman–Crippen LogP) is 5.23. The fourth-order valence-corrected chi connectivity index (χ4v) is 3.91. The van der Waals surface area contributed by atoms with Crippen LogP contribution >= 0.6 is 0 Å². The smallest absolute Gasteiger partial charge is 0.160 e. The second-order valence-electron chi connectivity index (χ2n) is 8.32. The lowest BCUT2D eigenvalue weighted by Crippen LogP contribution is -2.23. The third-order valence-electron chi connectivity index (χ3n) is 5.97. The lowest BCUT2D eigenvalue weighted by atomic mass is 10.0. The largest absolute Gasteiger partial charge is 0.497 e. The lowest BCUT2D eigenvalue weighted by Gasteiger charge is -2.17. The molecule has 0 saturated carbocycles. The Hall–Kier alpha value is -3.62. The van der Waals surface area contributed by atoms with E-state index in [1.807, 2.05) is 42.5 Å². The number of methoxy groups -OCH3 is 4. The minimum Gasteiger partial charge on any atom is -0.497 e. The molecule has 0 amide bonds. The van der Waals surface area contributed by atoms with E-state index in [0.717, 1.165) is 66.5 Å². The van der Waals surface area contributed by atoms with Gasteiger partial charge >= 0.3 is 0 Å². The Kier molecular flexibility index (Phi) is 9.89. The van der Waals surface area contributed by atoms with E-state index in [1.54, 1.807) is 28.4 Å². The molecule has 5 nitrogen and oxygen atoms in total. The summed E-state index contributed by atoms with van der Waals surface area (Å²) >= 11 is 0. The van der Waals surface area contributed by atoms with E-state index in [9.17, 15) is 0 Å². The van der Waals surface area contributed by atoms with Crippen molar-refractivity contribution < 1.29 is 18.9 Å². The topological polar surface area (TPSA) is 40.2 Å². The summed E-state index contributed by atoms with van der Waals surface area (Å²) in [5, 5.41) is 0. The van der Waals surface area contributed by atoms with Gasteiger partial charge in [0.15, 0.2) is 11.5 Å². The molecule has 3 aromatic rings. The molecule has 0 aliphatic heterocycles. The summed E-state index contributed by atoms with van der Waals surface area (Å²) in [6.07, 6.45) is 2.92. The second kappa shape index (κ2) is 13.3. The molecular weight excluding hydrogens is 438 g/mol. The van der Waals surface area contributed by atoms with Crippen molar-refractivity contribution in [3.8, 4) is 34.8 Å². The predicted molar refractivity (Wildman–Crippen MR) is 141 cm³/mol. The van der Waals surface area contributed by atoms with Crippen LogP contribution in [-0.4, -0.2) is 53.5 Å². The molecule has 0 radical (unpaired) electrons. The maximum absolute atomic E-state index is 5.61. The van der Waals surface area contributed by atoms with Crippen molar-refractivity contribution in [3.63, 3.8) is 0 Å². The minimum atomic E-state index is 0.758. The molecule has 0 aliphatic carbocycles. The molecule has 0 spiro atoms. The van der Waals surface area contributed by atoms with Gasteiger partial charge in [0.1, 0.15) is 11.5 Å². The third kappa shape index (κ3) is 7.43. The molecule has 184 valence electrons. The fourth-order valence-electron chi connectivity index (χ4n) is 3.91. The first-order valence-electron chi connectivity index (χ1n) is 11.8. The van der Waals surface area contributed by atoms with Crippen molar-refractivity contribution in [2.45, 2.75) is 19.3 Å². The van der Waals surface area contributed by atoms with Crippen LogP contribution < -0.4 is 18.9 Å². The summed E-state index contributed by atoms with van der Waals surface area (Å²) in [4.78, 5) is 2.36. The van der Waals surface area contributed by atoms with Crippen molar-refractivity contribution in [3.05, 3.63) is 82.9 Å². The molecule has 3 aromatic carbocycles. The first-order chi connectivity index (χ1) is 17.1. The van der Waals surface area contributed by atoms with Gasteiger partial charge in [0.25, 0.3) is 0 Å². The van der Waals surface area contributed by atoms with Crippen LogP contribution in [0.25, 0.3) is 0 Å². The van der Waals surface area contributed by atoms with Crippen molar-refractivity contribution in [1.82, 2.24) is 4.90 Å². The van der Waals surface area contributed by atoms with Gasteiger partial charge in [0.05, 0.1) is 34.0 Å². The SMILES string of the molecule is COc1ccc(C#Cc2c(CCCN(C)CCc3ccc(OC)c(OC)c3)cccc2OC)cc1. The number of likely N-dealkylation sites (N-methyl/N-ethyl adjacent to an activating group) is 1. The summed E-state index contributed by atoms with van der Waals surface area (Å²) in [6, 6.07) is 20.0. The zero-order valence-corrected chi connectivity index (χ0v) is 21.4. The molecule has 3 rings (SSSR count). The quantitative estimate of drug-likeness (QED) is 0.357. The van der Waals surface area contributed by atoms with Crippen LogP contribution in [0.4, 0.5) is 0 Å². The van der Waals surface area contributed by atoms with Crippen LogP contribution in [0.5, 0.6) is 23.0 Å². The van der Waals surface area contributed by atoms with Gasteiger partial charge in [-0.3, -0.25) is 0 Å². The zero-order chi connectivity index (χ0) is 25.0. The van der Waals surface area contributed by atoms with Gasteiger partial charge in [-0.15, -0.1) is 0 Å². The summed E-state index contributed by atoms with van der Waals surface area (Å²) < 4.78 is 21.6. The molecule has 0 unspecified atom stereocenters. The Morgan fingerprint density at radius 3 is 2.11 bits per heavy atom. The van der Waals surface area contributed by atoms with Gasteiger partial charge in [-0.1, -0.05) is 30.0 Å². The summed E-state index contributed by atoms with van der Waals surface area (Å²) in [5.74, 6) is 9.77. The normalized spacial score (nSPS) is 10.5. The van der Waals surface area contributed by atoms with Gasteiger partial charge in [0, 0.05) is 12.1 Å². The van der Waals surface area contributed by atoms with E-state index in [2.05, 4.69) is 42.0 Å². The van der Waals surface area contributed by atoms with Gasteiger partial charge in [-0.05, 0) is 86.4 Å². The van der Waals surface area contributed by atoms with E-state index < -0.39 is 0 Å². The first kappa shape index (κ1) is 26.0. The van der Waals surface area contributed by atoms with Crippen LogP contribution in [-0.2, 0) is 12.8 Å². The van der Waals surface area contributed by atoms with E-state index in [0.29, 0.717) is 0 Å². The summed E-state index contributed by atoms with van der Waals surface area (Å²) in [7, 11) is 8.84. The van der Waals surface area contributed by atoms with Crippen LogP contribution in [0.3, 0.4) is 0 Å². The van der Waals surface area contributed by atoms with Gasteiger partial charge in [-0.25, -0.2) is 0 Å². The minimum absolute atomic E-state index is 0.758. The lowest BCUT2D eigenvalue weighted by molar-refractivity contribution is 0.332. The Morgan fingerprint density at radius 1 is 0.686 bits per heavy atom. The van der Waals surface area contributed by atoms with Crippen LogP contribution in [0.1, 0.15) is 28.7 Å². The van der Waals surface area contributed by atoms with E-state index in [1.165, 1.54) is 11.1 Å². The van der Waals surface area contributed by atoms with Crippen molar-refractivity contribution >= 4 is 0 Å². The molecule has 5 heteroatoms. The highest BCUT2D eigenvalue weighted by Crippen LogP contribution is 2.28. The van der Waals surface area contributed by atoms with E-state index in [-0.39, 0.29) is 0 Å². The van der Waals surface area contributed by atoms with Gasteiger partial charge in [-0.2, -0.15) is 0 Å². The fraction of sp³-hybridized carbons (Fsp3) is 0.333. The molecule has 0 bridgehead atoms. The van der Waals surface area contributed by atoms with Crippen LogP contribution in [0.2, 0.25) is 0 Å². The highest BCUT2D eigenvalue weighted by molar-refractivity contribution is 5.54. The van der Waals surface area contributed by atoms with Gasteiger partial charge in [0.2, 0.25) is 0 Å². The Balaban J connectivity index is 1.59. The highest BCUT2D eigenvalue weighted by atomic mass is 16.5. The zero-order valence-electron chi connectivity index (χ0n) is 21.4. The number of aryl methyl sites for hydroxylation is 1. The van der Waals surface area contributed by atoms with Crippen LogP contribution in [0, 0.1) is 11.8 Å². The Bertz CT molecular complexity index is 1150. The monoisotopic (exact) mass is 473 g/mol. The van der Waals surface area contributed by atoms with Gasteiger partial charge < -0.3 is 23.8 Å². The molecule has 35 heavy (non-hydrogen) atoms. The summed E-state index contributed by atoms with van der Waals surface area (Å²) in [6.45, 7) is 1.97. The van der Waals surface area contributed by atoms with Crippen molar-refractivity contribution in [2.24, 2.45) is 0 Å². The molecule has 0 aliphatic rings. The standard InChI is InChI=1S/C30H35NO4/c1-31(21-19-24-14-18-29(34-4)30(22-24)35-5)20-7-9-25-8-6-10-28(33-3)27(25)17-13-23-11-15-26(32-2)16-12-23/h6,8,10-12,14-16,18,22H,7,9,19-21H2,1-5H3. The molecule has 0 saturated heterocycles. The van der Waals surface area contributed by atoms with Crippen molar-refractivity contribution in [1.29, 1.82) is 0 Å². The number of ether oxygens (including phenoxy) is 4. The molecule has 0 atom stereocenters. The number of hydrogen-bond acceptors (Lipinski definition) is 5. The highest BCUT2D eigenvalue weighted by Gasteiger charge is 2.09. The third-order valence-corrected chi connectivity index (χ3v) is 5.97. The Morgan fingerprint density at radius 2 is 1.43 bits per heavy atom. The molecule has 0 heterocycles. The number of rotatable bonds is 11. The number of benzene rings is 3. The average Bonchev–Trinajstić information content (AvgIpc) is 2.90. The Labute approximate surface area is 209 Å². The average molecular weight is 474 g/mol. The molecule has 0 fully saturated rings. The van der Waals surface area contributed by atoms with Crippen LogP contribution in [0.15, 0.2) is 60.7 Å². The number of hydrogen-bond donors (Lipinski definition) is 0. The van der Waals surface area contributed by atoms with Crippen molar-refractivity contribution in [2.75, 3.05) is 48.6 Å². The van der Waals surface area contributed by atoms with E-state index >= 15 is 0 Å². The maximum atomic E-state index is 5.61. The summed E-state index contributed by atoms with van der Waals surface area (Å²) in [5.41, 5.74) is 4.34. The molecular formula is C30H35NO4. The second-order valence-corrected chi connectivity index (χ2v) is 8.32. The number of nitrogens with zero attached hydrogens (tertiary/aromatic N) is 1. The molecule has 0 aromatic heterocycles.